The first-order valence-corrected chi connectivity index (χ1v) is 6.34. The van der Waals surface area contributed by atoms with Gasteiger partial charge >= 0.3 is 0 Å². The summed E-state index contributed by atoms with van der Waals surface area (Å²) in [7, 11) is -3.86. The highest BCUT2D eigenvalue weighted by atomic mass is 35.5. The summed E-state index contributed by atoms with van der Waals surface area (Å²) in [6.45, 7) is 0. The quantitative estimate of drug-likeness (QED) is 0.898. The van der Waals surface area contributed by atoms with Crippen molar-refractivity contribution in [1.29, 1.82) is 0 Å². The third kappa shape index (κ3) is 2.31. The fourth-order valence-corrected chi connectivity index (χ4v) is 1.97. The summed E-state index contributed by atoms with van der Waals surface area (Å²) >= 11 is 5.81. The molecule has 0 saturated heterocycles. The summed E-state index contributed by atoms with van der Waals surface area (Å²) in [6, 6.07) is 4.10. The van der Waals surface area contributed by atoms with Crippen LogP contribution >= 0.6 is 11.6 Å². The molecule has 90 valence electrons. The predicted octanol–water partition coefficient (Wildman–Crippen LogP) is 1.31. The topological polar surface area (TPSA) is 78.0 Å². The fourth-order valence-electron chi connectivity index (χ4n) is 1.28. The van der Waals surface area contributed by atoms with Crippen LogP contribution in [0.1, 0.15) is 0 Å². The Morgan fingerprint density at radius 2 is 2.12 bits per heavy atom. The van der Waals surface area contributed by atoms with Crippen LogP contribution in [0, 0.1) is 5.82 Å². The number of nitrogens with two attached hydrogens (primary N) is 1. The molecule has 2 N–H and O–H groups in total. The van der Waals surface area contributed by atoms with E-state index < -0.39 is 15.8 Å². The van der Waals surface area contributed by atoms with Crippen LogP contribution in [0.2, 0.25) is 5.02 Å². The Morgan fingerprint density at radius 3 is 2.65 bits per heavy atom. The maximum Gasteiger partial charge on any atom is 0.241 e. The van der Waals surface area contributed by atoms with Crippen molar-refractivity contribution in [1.82, 2.24) is 9.78 Å². The zero-order valence-corrected chi connectivity index (χ0v) is 9.91. The number of halogens is 2. The molecule has 0 aliphatic rings. The van der Waals surface area contributed by atoms with Crippen LogP contribution in [-0.4, -0.2) is 18.2 Å². The van der Waals surface area contributed by atoms with Crippen LogP contribution < -0.4 is 5.14 Å². The van der Waals surface area contributed by atoms with Crippen LogP contribution in [0.5, 0.6) is 0 Å². The van der Waals surface area contributed by atoms with E-state index in [4.69, 9.17) is 16.7 Å². The van der Waals surface area contributed by atoms with Gasteiger partial charge in [0.05, 0.1) is 17.4 Å². The third-order valence-corrected chi connectivity index (χ3v) is 3.23. The standard InChI is InChI=1S/C9H7ClFN3O2S/c10-7-2-1-3-8(11)9(7)14-5-6(4-13-14)17(12,15)16/h1-5H,(H2,12,15,16). The van der Waals surface area contributed by atoms with Crippen molar-refractivity contribution in [3.8, 4) is 5.69 Å². The van der Waals surface area contributed by atoms with Gasteiger partial charge < -0.3 is 0 Å². The first kappa shape index (κ1) is 12.0. The SMILES string of the molecule is NS(=O)(=O)c1cnn(-c2c(F)cccc2Cl)c1. The third-order valence-electron chi connectivity index (χ3n) is 2.05. The second kappa shape index (κ2) is 4.10. The Balaban J connectivity index is 2.59. The van der Waals surface area contributed by atoms with Crippen molar-refractivity contribution in [2.45, 2.75) is 4.90 Å². The molecule has 0 saturated carbocycles. The molecule has 2 aromatic rings. The number of sulfonamides is 1. The molecule has 0 fully saturated rings. The number of benzene rings is 1. The number of primary sulfonamides is 1. The number of para-hydroxylation sites is 1. The van der Waals surface area contributed by atoms with E-state index in [0.29, 0.717) is 0 Å². The van der Waals surface area contributed by atoms with Gasteiger partial charge in [0.2, 0.25) is 10.0 Å². The minimum absolute atomic E-state index is 0.0240. The fraction of sp³-hybridized carbons (Fsp3) is 0. The van der Waals surface area contributed by atoms with Crippen molar-refractivity contribution >= 4 is 21.6 Å². The number of hydrogen-bond acceptors (Lipinski definition) is 3. The molecule has 0 aliphatic heterocycles. The Hall–Kier alpha value is -1.44. The molecule has 0 unspecified atom stereocenters. The molecule has 0 amide bonds. The van der Waals surface area contributed by atoms with Gasteiger partial charge in [-0.05, 0) is 12.1 Å². The summed E-state index contributed by atoms with van der Waals surface area (Å²) in [5.41, 5.74) is -0.0240. The van der Waals surface area contributed by atoms with Crippen molar-refractivity contribution in [3.05, 3.63) is 41.4 Å². The van der Waals surface area contributed by atoms with Gasteiger partial charge in [-0.2, -0.15) is 5.10 Å². The van der Waals surface area contributed by atoms with E-state index in [1.165, 1.54) is 18.2 Å². The highest BCUT2D eigenvalue weighted by Gasteiger charge is 2.15. The normalized spacial score (nSPS) is 11.7. The lowest BCUT2D eigenvalue weighted by Crippen LogP contribution is -2.11. The summed E-state index contributed by atoms with van der Waals surface area (Å²) in [5.74, 6) is -0.610. The van der Waals surface area contributed by atoms with Gasteiger partial charge in [0.25, 0.3) is 0 Å². The van der Waals surface area contributed by atoms with E-state index >= 15 is 0 Å². The van der Waals surface area contributed by atoms with Gasteiger partial charge in [-0.3, -0.25) is 0 Å². The molecule has 2 rings (SSSR count). The summed E-state index contributed by atoms with van der Waals surface area (Å²) in [4.78, 5) is -0.211. The summed E-state index contributed by atoms with van der Waals surface area (Å²) in [5, 5.41) is 8.74. The molecule has 1 heterocycles. The van der Waals surface area contributed by atoms with Gasteiger partial charge in [0, 0.05) is 0 Å². The zero-order valence-electron chi connectivity index (χ0n) is 8.34. The second-order valence-electron chi connectivity index (χ2n) is 3.24. The predicted molar refractivity (Wildman–Crippen MR) is 59.9 cm³/mol. The van der Waals surface area contributed by atoms with E-state index in [1.807, 2.05) is 0 Å². The molecular formula is C9H7ClFN3O2S. The Bertz CT molecular complexity index is 648. The smallest absolute Gasteiger partial charge is 0.235 e. The number of aromatic nitrogens is 2. The largest absolute Gasteiger partial charge is 0.241 e. The van der Waals surface area contributed by atoms with Crippen LogP contribution in [0.25, 0.3) is 5.69 Å². The minimum Gasteiger partial charge on any atom is -0.235 e. The van der Waals surface area contributed by atoms with Gasteiger partial charge in [-0.1, -0.05) is 17.7 Å². The van der Waals surface area contributed by atoms with E-state index in [2.05, 4.69) is 5.10 Å². The monoisotopic (exact) mass is 275 g/mol. The highest BCUT2D eigenvalue weighted by molar-refractivity contribution is 7.89. The van der Waals surface area contributed by atoms with Crippen molar-refractivity contribution < 1.29 is 12.8 Å². The van der Waals surface area contributed by atoms with Gasteiger partial charge in [0.1, 0.15) is 16.4 Å². The molecule has 8 heteroatoms. The first-order chi connectivity index (χ1) is 7.89. The van der Waals surface area contributed by atoms with Gasteiger partial charge in [0.15, 0.2) is 0 Å². The average Bonchev–Trinajstić information content (AvgIpc) is 2.65. The average molecular weight is 276 g/mol. The minimum atomic E-state index is -3.86. The van der Waals surface area contributed by atoms with Crippen LogP contribution in [0.4, 0.5) is 4.39 Å². The van der Waals surface area contributed by atoms with Crippen LogP contribution in [-0.2, 0) is 10.0 Å². The molecule has 17 heavy (non-hydrogen) atoms. The van der Waals surface area contributed by atoms with Crippen molar-refractivity contribution in [2.24, 2.45) is 5.14 Å². The van der Waals surface area contributed by atoms with E-state index in [-0.39, 0.29) is 15.6 Å². The maximum absolute atomic E-state index is 13.5. The van der Waals surface area contributed by atoms with Gasteiger partial charge in [-0.25, -0.2) is 22.6 Å². The number of nitrogens with zero attached hydrogens (tertiary/aromatic N) is 2. The molecule has 0 aliphatic carbocycles. The summed E-state index contributed by atoms with van der Waals surface area (Å²) in [6.07, 6.45) is 2.12. The first-order valence-electron chi connectivity index (χ1n) is 4.41. The lowest BCUT2D eigenvalue weighted by molar-refractivity contribution is 0.597. The molecular weight excluding hydrogens is 269 g/mol. The Morgan fingerprint density at radius 1 is 1.41 bits per heavy atom. The highest BCUT2D eigenvalue weighted by Crippen LogP contribution is 2.23. The molecule has 0 bridgehead atoms. The second-order valence-corrected chi connectivity index (χ2v) is 5.20. The number of rotatable bonds is 2. The van der Waals surface area contributed by atoms with E-state index in [0.717, 1.165) is 17.1 Å². The molecule has 0 radical (unpaired) electrons. The molecule has 0 spiro atoms. The van der Waals surface area contributed by atoms with E-state index in [9.17, 15) is 12.8 Å². The number of hydrogen-bond donors (Lipinski definition) is 1. The Labute approximate surface area is 102 Å². The molecule has 0 atom stereocenters. The lowest BCUT2D eigenvalue weighted by atomic mass is 10.3. The van der Waals surface area contributed by atoms with E-state index in [1.54, 1.807) is 0 Å². The van der Waals surface area contributed by atoms with Crippen molar-refractivity contribution in [2.75, 3.05) is 0 Å². The van der Waals surface area contributed by atoms with Crippen LogP contribution in [0.3, 0.4) is 0 Å². The Kier molecular flexibility index (Phi) is 2.90. The van der Waals surface area contributed by atoms with Gasteiger partial charge in [-0.15, -0.1) is 0 Å². The molecule has 5 nitrogen and oxygen atoms in total. The van der Waals surface area contributed by atoms with Crippen LogP contribution in [0.15, 0.2) is 35.5 Å². The maximum atomic E-state index is 13.5. The summed E-state index contributed by atoms with van der Waals surface area (Å²) < 4.78 is 36.6. The lowest BCUT2D eigenvalue weighted by Gasteiger charge is -2.04. The zero-order chi connectivity index (χ0) is 12.6. The molecule has 1 aromatic heterocycles. The van der Waals surface area contributed by atoms with Crippen molar-refractivity contribution in [3.63, 3.8) is 0 Å². The molecule has 1 aromatic carbocycles.